The van der Waals surface area contributed by atoms with Crippen molar-refractivity contribution in [2.75, 3.05) is 39.9 Å². The predicted octanol–water partition coefficient (Wildman–Crippen LogP) is 2.85. The highest BCUT2D eigenvalue weighted by Gasteiger charge is 2.44. The summed E-state index contributed by atoms with van der Waals surface area (Å²) in [5.74, 6) is -2.40. The van der Waals surface area contributed by atoms with Crippen molar-refractivity contribution in [3.63, 3.8) is 0 Å². The standard InChI is InChI=1S/C21H26F2N2O3/c1-27-18-8-7-17(13-19(18)28-14-16-5-3-2-4-6-16)20(21(22,23)15-26)25-11-9-24-10-12-25/h2-8,13,20,24,26H,9-12,14-15H2,1H3/t20-/m0/s1. The maximum Gasteiger partial charge on any atom is 0.289 e. The first-order valence-corrected chi connectivity index (χ1v) is 9.33. The van der Waals surface area contributed by atoms with E-state index in [2.05, 4.69) is 5.32 Å². The topological polar surface area (TPSA) is 54.0 Å². The second kappa shape index (κ2) is 9.32. The van der Waals surface area contributed by atoms with Crippen LogP contribution in [-0.2, 0) is 6.61 Å². The second-order valence-electron chi connectivity index (χ2n) is 6.79. The Balaban J connectivity index is 1.89. The van der Waals surface area contributed by atoms with Crippen LogP contribution in [0.3, 0.4) is 0 Å². The third-order valence-corrected chi connectivity index (χ3v) is 4.87. The van der Waals surface area contributed by atoms with Gasteiger partial charge in [-0.2, -0.15) is 0 Å². The molecule has 5 nitrogen and oxygen atoms in total. The van der Waals surface area contributed by atoms with Gasteiger partial charge in [-0.15, -0.1) is 0 Å². The quantitative estimate of drug-likeness (QED) is 0.724. The third kappa shape index (κ3) is 4.79. The van der Waals surface area contributed by atoms with Crippen LogP contribution in [0.4, 0.5) is 8.78 Å². The van der Waals surface area contributed by atoms with Gasteiger partial charge in [0.05, 0.1) is 7.11 Å². The van der Waals surface area contributed by atoms with Crippen molar-refractivity contribution in [3.8, 4) is 11.5 Å². The number of halogens is 2. The summed E-state index contributed by atoms with van der Waals surface area (Å²) < 4.78 is 40.6. The molecule has 0 aliphatic carbocycles. The van der Waals surface area contributed by atoms with Gasteiger partial charge in [0.25, 0.3) is 5.92 Å². The molecule has 152 valence electrons. The van der Waals surface area contributed by atoms with Crippen LogP contribution in [0.15, 0.2) is 48.5 Å². The average molecular weight is 392 g/mol. The molecule has 7 heteroatoms. The Bertz CT molecular complexity index is 753. The number of nitrogens with one attached hydrogen (secondary N) is 1. The minimum atomic E-state index is -3.28. The fourth-order valence-electron chi connectivity index (χ4n) is 3.46. The summed E-state index contributed by atoms with van der Waals surface area (Å²) in [6, 6.07) is 13.2. The summed E-state index contributed by atoms with van der Waals surface area (Å²) in [4.78, 5) is 1.70. The maximum absolute atomic E-state index is 14.7. The maximum atomic E-state index is 14.7. The number of aliphatic hydroxyl groups excluding tert-OH is 1. The lowest BCUT2D eigenvalue weighted by Gasteiger charge is -2.38. The molecule has 1 saturated heterocycles. The number of hydrogen-bond acceptors (Lipinski definition) is 5. The Morgan fingerprint density at radius 3 is 2.46 bits per heavy atom. The zero-order valence-electron chi connectivity index (χ0n) is 15.9. The van der Waals surface area contributed by atoms with E-state index in [1.54, 1.807) is 23.1 Å². The van der Waals surface area contributed by atoms with Crippen LogP contribution < -0.4 is 14.8 Å². The average Bonchev–Trinajstić information content (AvgIpc) is 2.74. The number of piperazine rings is 1. The van der Waals surface area contributed by atoms with E-state index in [1.807, 2.05) is 30.3 Å². The Kier molecular flexibility index (Phi) is 6.83. The van der Waals surface area contributed by atoms with Crippen LogP contribution in [-0.4, -0.2) is 55.8 Å². The zero-order valence-corrected chi connectivity index (χ0v) is 15.9. The Morgan fingerprint density at radius 2 is 1.82 bits per heavy atom. The lowest BCUT2D eigenvalue weighted by molar-refractivity contribution is -0.118. The summed E-state index contributed by atoms with van der Waals surface area (Å²) in [7, 11) is 1.51. The van der Waals surface area contributed by atoms with Gasteiger partial charge < -0.3 is 19.9 Å². The van der Waals surface area contributed by atoms with E-state index in [-0.39, 0.29) is 0 Å². The predicted molar refractivity (Wildman–Crippen MR) is 103 cm³/mol. The SMILES string of the molecule is COc1ccc([C@H](N2CCNCC2)C(F)(F)CO)cc1OCc1ccccc1. The summed E-state index contributed by atoms with van der Waals surface area (Å²) in [6.45, 7) is 1.30. The van der Waals surface area contributed by atoms with Crippen molar-refractivity contribution in [1.29, 1.82) is 0 Å². The molecule has 1 atom stereocenters. The number of alkyl halides is 2. The Hall–Kier alpha value is -2.22. The van der Waals surface area contributed by atoms with E-state index in [4.69, 9.17) is 9.47 Å². The highest BCUT2D eigenvalue weighted by Crippen LogP contribution is 2.40. The monoisotopic (exact) mass is 392 g/mol. The molecular weight excluding hydrogens is 366 g/mol. The van der Waals surface area contributed by atoms with Crippen molar-refractivity contribution in [1.82, 2.24) is 10.2 Å². The molecule has 0 bridgehead atoms. The fraction of sp³-hybridized carbons (Fsp3) is 0.429. The van der Waals surface area contributed by atoms with Gasteiger partial charge in [-0.1, -0.05) is 36.4 Å². The van der Waals surface area contributed by atoms with Crippen LogP contribution in [0, 0.1) is 0 Å². The van der Waals surface area contributed by atoms with Gasteiger partial charge in [0.1, 0.15) is 19.3 Å². The van der Waals surface area contributed by atoms with Crippen molar-refractivity contribution >= 4 is 0 Å². The van der Waals surface area contributed by atoms with Crippen LogP contribution in [0.1, 0.15) is 17.2 Å². The summed E-state index contributed by atoms with van der Waals surface area (Å²) in [6.07, 6.45) is 0. The molecule has 0 saturated carbocycles. The van der Waals surface area contributed by atoms with E-state index in [9.17, 15) is 13.9 Å². The van der Waals surface area contributed by atoms with Gasteiger partial charge in [0.2, 0.25) is 0 Å². The van der Waals surface area contributed by atoms with Gasteiger partial charge >= 0.3 is 0 Å². The summed E-state index contributed by atoms with van der Waals surface area (Å²) in [5, 5.41) is 12.5. The number of nitrogens with zero attached hydrogens (tertiary/aromatic N) is 1. The highest BCUT2D eigenvalue weighted by atomic mass is 19.3. The first kappa shape index (κ1) is 20.5. The molecule has 0 unspecified atom stereocenters. The summed E-state index contributed by atoms with van der Waals surface area (Å²) in [5.41, 5.74) is 1.36. The van der Waals surface area contributed by atoms with Crippen molar-refractivity contribution < 1.29 is 23.4 Å². The number of hydrogen-bond donors (Lipinski definition) is 2. The molecule has 1 fully saturated rings. The van der Waals surface area contributed by atoms with E-state index in [0.717, 1.165) is 5.56 Å². The largest absolute Gasteiger partial charge is 0.493 e. The Labute approximate surface area is 163 Å². The molecule has 0 radical (unpaired) electrons. The molecule has 0 amide bonds. The Morgan fingerprint density at radius 1 is 1.11 bits per heavy atom. The molecule has 1 aliphatic rings. The first-order valence-electron chi connectivity index (χ1n) is 9.33. The number of aliphatic hydroxyl groups is 1. The van der Waals surface area contributed by atoms with Gasteiger partial charge in [-0.05, 0) is 23.3 Å². The fourth-order valence-corrected chi connectivity index (χ4v) is 3.46. The molecule has 2 aromatic carbocycles. The van der Waals surface area contributed by atoms with Crippen molar-refractivity contribution in [3.05, 3.63) is 59.7 Å². The number of ether oxygens (including phenoxy) is 2. The van der Waals surface area contributed by atoms with Crippen LogP contribution in [0.5, 0.6) is 11.5 Å². The molecular formula is C21H26F2N2O3. The van der Waals surface area contributed by atoms with Crippen LogP contribution >= 0.6 is 0 Å². The number of methoxy groups -OCH3 is 1. The van der Waals surface area contributed by atoms with Crippen molar-refractivity contribution in [2.24, 2.45) is 0 Å². The minimum absolute atomic E-state index is 0.301. The lowest BCUT2D eigenvalue weighted by Crippen LogP contribution is -2.51. The van der Waals surface area contributed by atoms with Gasteiger partial charge in [-0.3, -0.25) is 4.90 Å². The second-order valence-corrected chi connectivity index (χ2v) is 6.79. The van der Waals surface area contributed by atoms with Crippen LogP contribution in [0.2, 0.25) is 0 Å². The lowest BCUT2D eigenvalue weighted by atomic mass is 9.97. The molecule has 2 N–H and O–H groups in total. The molecule has 3 rings (SSSR count). The van der Waals surface area contributed by atoms with E-state index in [0.29, 0.717) is 49.8 Å². The highest BCUT2D eigenvalue weighted by molar-refractivity contribution is 5.44. The number of rotatable bonds is 8. The smallest absolute Gasteiger partial charge is 0.289 e. The molecule has 0 aromatic heterocycles. The minimum Gasteiger partial charge on any atom is -0.493 e. The first-order chi connectivity index (χ1) is 13.5. The molecule has 2 aromatic rings. The van der Waals surface area contributed by atoms with Crippen molar-refractivity contribution in [2.45, 2.75) is 18.6 Å². The third-order valence-electron chi connectivity index (χ3n) is 4.87. The number of benzene rings is 2. The molecule has 0 spiro atoms. The zero-order chi connectivity index (χ0) is 20.0. The van der Waals surface area contributed by atoms with Gasteiger partial charge in [0.15, 0.2) is 11.5 Å². The molecule has 1 aliphatic heterocycles. The van der Waals surface area contributed by atoms with E-state index >= 15 is 0 Å². The molecule has 1 heterocycles. The van der Waals surface area contributed by atoms with E-state index in [1.165, 1.54) is 7.11 Å². The van der Waals surface area contributed by atoms with Gasteiger partial charge in [-0.25, -0.2) is 8.78 Å². The van der Waals surface area contributed by atoms with Gasteiger partial charge in [0, 0.05) is 26.2 Å². The normalized spacial score (nSPS) is 16.6. The summed E-state index contributed by atoms with van der Waals surface area (Å²) >= 11 is 0. The molecule has 28 heavy (non-hydrogen) atoms. The van der Waals surface area contributed by atoms with E-state index < -0.39 is 18.6 Å². The van der Waals surface area contributed by atoms with Crippen LogP contribution in [0.25, 0.3) is 0 Å².